The normalized spacial score (nSPS) is 9.93. The number of hydrogen-bond donors (Lipinski definition) is 0. The Morgan fingerprint density at radius 1 is 1.64 bits per heavy atom. The van der Waals surface area contributed by atoms with Crippen LogP contribution in [0.2, 0.25) is 0 Å². The molecule has 0 bridgehead atoms. The van der Waals surface area contributed by atoms with Crippen LogP contribution in [-0.4, -0.2) is 24.8 Å². The number of nitrogens with zero attached hydrogens (tertiary/aromatic N) is 1. The Bertz CT molecular complexity index is 323. The lowest BCUT2D eigenvalue weighted by Crippen LogP contribution is -2.05. The average molecular weight is 264 g/mol. The third kappa shape index (κ3) is 2.06. The Morgan fingerprint density at radius 3 is 2.86 bits per heavy atom. The number of esters is 1. The van der Waals surface area contributed by atoms with Gasteiger partial charge >= 0.3 is 5.97 Å². The number of aromatic nitrogens is 1. The van der Waals surface area contributed by atoms with Crippen LogP contribution in [0, 0.1) is 0 Å². The molecule has 78 valence electrons. The number of hydrogen-bond acceptors (Lipinski definition) is 5. The summed E-state index contributed by atoms with van der Waals surface area (Å²) < 4.78 is 14.5. The maximum atomic E-state index is 11.3. The lowest BCUT2D eigenvalue weighted by atomic mass is 10.3. The number of methoxy groups -OCH3 is 1. The summed E-state index contributed by atoms with van der Waals surface area (Å²) in [5.41, 5.74) is 0.561. The number of carbonyl (C=O) groups is 1. The monoisotopic (exact) mass is 263 g/mol. The summed E-state index contributed by atoms with van der Waals surface area (Å²) in [4.78, 5) is 11.3. The van der Waals surface area contributed by atoms with Gasteiger partial charge in [-0.25, -0.2) is 4.79 Å². The summed E-state index contributed by atoms with van der Waals surface area (Å²) >= 11 is 3.21. The van der Waals surface area contributed by atoms with Gasteiger partial charge in [0.25, 0.3) is 11.6 Å². The minimum atomic E-state index is -0.530. The van der Waals surface area contributed by atoms with Crippen molar-refractivity contribution < 1.29 is 18.8 Å². The molecule has 0 aliphatic rings. The second-order valence-corrected chi connectivity index (χ2v) is 2.91. The topological polar surface area (TPSA) is 61.6 Å². The fourth-order valence-electron chi connectivity index (χ4n) is 0.930. The Hall–Kier alpha value is -1.04. The summed E-state index contributed by atoms with van der Waals surface area (Å²) in [5.74, 6) is -0.150. The zero-order valence-corrected chi connectivity index (χ0v) is 9.46. The first-order valence-corrected chi connectivity index (χ1v) is 5.12. The van der Waals surface area contributed by atoms with Crippen LogP contribution in [0.4, 0.5) is 0 Å². The molecule has 0 saturated heterocycles. The van der Waals surface area contributed by atoms with Gasteiger partial charge in [-0.2, -0.15) is 0 Å². The SMILES string of the molecule is CCOC(=O)c1onc(OC)c1CBr. The van der Waals surface area contributed by atoms with E-state index in [1.54, 1.807) is 6.92 Å². The predicted octanol–water partition coefficient (Wildman–Crippen LogP) is 1.75. The highest BCUT2D eigenvalue weighted by Crippen LogP contribution is 2.24. The van der Waals surface area contributed by atoms with Crippen molar-refractivity contribution in [2.24, 2.45) is 0 Å². The van der Waals surface area contributed by atoms with Crippen LogP contribution < -0.4 is 4.74 Å². The maximum Gasteiger partial charge on any atom is 0.377 e. The third-order valence-electron chi connectivity index (χ3n) is 1.54. The zero-order valence-electron chi connectivity index (χ0n) is 7.87. The van der Waals surface area contributed by atoms with Gasteiger partial charge in [0.15, 0.2) is 0 Å². The molecule has 0 spiro atoms. The molecule has 0 fully saturated rings. The van der Waals surface area contributed by atoms with E-state index in [-0.39, 0.29) is 5.76 Å². The minimum absolute atomic E-state index is 0.0839. The first-order chi connectivity index (χ1) is 6.74. The van der Waals surface area contributed by atoms with Gasteiger partial charge in [-0.3, -0.25) is 0 Å². The summed E-state index contributed by atoms with van der Waals surface area (Å²) in [7, 11) is 1.46. The van der Waals surface area contributed by atoms with Crippen molar-refractivity contribution in [1.82, 2.24) is 5.16 Å². The molecular weight excluding hydrogens is 254 g/mol. The summed E-state index contributed by atoms with van der Waals surface area (Å²) in [6.07, 6.45) is 0. The van der Waals surface area contributed by atoms with E-state index in [4.69, 9.17) is 14.0 Å². The zero-order chi connectivity index (χ0) is 10.6. The smallest absolute Gasteiger partial charge is 0.377 e. The fourth-order valence-corrected chi connectivity index (χ4v) is 1.42. The highest BCUT2D eigenvalue weighted by atomic mass is 79.9. The van der Waals surface area contributed by atoms with Crippen molar-refractivity contribution in [2.45, 2.75) is 12.3 Å². The van der Waals surface area contributed by atoms with Crippen molar-refractivity contribution in [3.05, 3.63) is 11.3 Å². The predicted molar refractivity (Wildman–Crippen MR) is 51.6 cm³/mol. The third-order valence-corrected chi connectivity index (χ3v) is 2.10. The largest absolute Gasteiger partial charge is 0.479 e. The highest BCUT2D eigenvalue weighted by molar-refractivity contribution is 9.08. The lowest BCUT2D eigenvalue weighted by Gasteiger charge is -1.98. The fraction of sp³-hybridized carbons (Fsp3) is 0.500. The first kappa shape index (κ1) is 11.0. The molecule has 1 aromatic heterocycles. The molecule has 1 aromatic rings. The highest BCUT2D eigenvalue weighted by Gasteiger charge is 2.22. The number of carbonyl (C=O) groups excluding carboxylic acids is 1. The number of halogens is 1. The average Bonchev–Trinajstić information content (AvgIpc) is 2.60. The van der Waals surface area contributed by atoms with Crippen LogP contribution >= 0.6 is 15.9 Å². The van der Waals surface area contributed by atoms with Gasteiger partial charge in [-0.1, -0.05) is 15.9 Å². The van der Waals surface area contributed by atoms with Crippen LogP contribution in [0.5, 0.6) is 5.88 Å². The Morgan fingerprint density at radius 2 is 2.36 bits per heavy atom. The maximum absolute atomic E-state index is 11.3. The number of alkyl halides is 1. The molecule has 0 atom stereocenters. The number of ether oxygens (including phenoxy) is 2. The van der Waals surface area contributed by atoms with Crippen molar-refractivity contribution >= 4 is 21.9 Å². The second kappa shape index (κ2) is 4.99. The molecule has 5 nitrogen and oxygen atoms in total. The van der Waals surface area contributed by atoms with Crippen LogP contribution in [0.3, 0.4) is 0 Å². The minimum Gasteiger partial charge on any atom is -0.479 e. The molecule has 6 heteroatoms. The molecule has 0 amide bonds. The molecule has 0 N–H and O–H groups in total. The number of rotatable bonds is 4. The van der Waals surface area contributed by atoms with E-state index < -0.39 is 5.97 Å². The van der Waals surface area contributed by atoms with E-state index >= 15 is 0 Å². The molecular formula is C8H10BrNO4. The summed E-state index contributed by atoms with van der Waals surface area (Å²) in [6.45, 7) is 2.02. The molecule has 0 unspecified atom stereocenters. The van der Waals surface area contributed by atoms with E-state index in [1.165, 1.54) is 7.11 Å². The van der Waals surface area contributed by atoms with E-state index in [9.17, 15) is 4.79 Å². The second-order valence-electron chi connectivity index (χ2n) is 2.35. The molecule has 0 aromatic carbocycles. The summed E-state index contributed by atoms with van der Waals surface area (Å²) in [6, 6.07) is 0. The van der Waals surface area contributed by atoms with Gasteiger partial charge in [0.1, 0.15) is 0 Å². The van der Waals surface area contributed by atoms with Crippen molar-refractivity contribution in [1.29, 1.82) is 0 Å². The first-order valence-electron chi connectivity index (χ1n) is 4.00. The van der Waals surface area contributed by atoms with E-state index in [2.05, 4.69) is 21.1 Å². The molecule has 0 aliphatic carbocycles. The molecule has 0 radical (unpaired) electrons. The van der Waals surface area contributed by atoms with Gasteiger partial charge in [0.05, 0.1) is 19.3 Å². The van der Waals surface area contributed by atoms with Crippen LogP contribution in [0.1, 0.15) is 23.0 Å². The standard InChI is InChI=1S/C8H10BrNO4/c1-3-13-8(11)6-5(4-9)7(12-2)10-14-6/h3-4H2,1-2H3. The Balaban J connectivity index is 2.96. The Kier molecular flexibility index (Phi) is 3.94. The van der Waals surface area contributed by atoms with Gasteiger partial charge in [0.2, 0.25) is 0 Å². The van der Waals surface area contributed by atoms with Gasteiger partial charge in [-0.15, -0.1) is 0 Å². The van der Waals surface area contributed by atoms with E-state index in [0.29, 0.717) is 23.4 Å². The van der Waals surface area contributed by atoms with Crippen molar-refractivity contribution in [2.75, 3.05) is 13.7 Å². The van der Waals surface area contributed by atoms with Crippen molar-refractivity contribution in [3.63, 3.8) is 0 Å². The van der Waals surface area contributed by atoms with Crippen LogP contribution in [0.15, 0.2) is 4.52 Å². The molecule has 1 rings (SSSR count). The van der Waals surface area contributed by atoms with E-state index in [1.807, 2.05) is 0 Å². The van der Waals surface area contributed by atoms with Gasteiger partial charge in [-0.05, 0) is 12.1 Å². The summed E-state index contributed by atoms with van der Waals surface area (Å²) in [5, 5.41) is 4.01. The lowest BCUT2D eigenvalue weighted by molar-refractivity contribution is 0.0478. The van der Waals surface area contributed by atoms with Crippen LogP contribution in [-0.2, 0) is 10.1 Å². The van der Waals surface area contributed by atoms with Gasteiger partial charge in [0, 0.05) is 5.33 Å². The molecule has 1 heterocycles. The van der Waals surface area contributed by atoms with Gasteiger partial charge < -0.3 is 14.0 Å². The Labute approximate surface area is 89.5 Å². The van der Waals surface area contributed by atoms with Crippen LogP contribution in [0.25, 0.3) is 0 Å². The molecule has 0 saturated carbocycles. The van der Waals surface area contributed by atoms with Crippen molar-refractivity contribution in [3.8, 4) is 5.88 Å². The quantitative estimate of drug-likeness (QED) is 0.612. The molecule has 14 heavy (non-hydrogen) atoms. The molecule has 0 aliphatic heterocycles. The van der Waals surface area contributed by atoms with E-state index in [0.717, 1.165) is 0 Å².